The maximum Gasteiger partial charge on any atom is 0.274 e. The van der Waals surface area contributed by atoms with Gasteiger partial charge in [-0.1, -0.05) is 0 Å². The molecule has 0 aliphatic carbocycles. The Morgan fingerprint density at radius 3 is 3.07 bits per heavy atom. The predicted molar refractivity (Wildman–Crippen MR) is 63.7 cm³/mol. The highest BCUT2D eigenvalue weighted by Gasteiger charge is 2.07. The quantitative estimate of drug-likeness (QED) is 0.853. The van der Waals surface area contributed by atoms with Crippen LogP contribution >= 0.6 is 15.9 Å². The Morgan fingerprint density at radius 2 is 2.40 bits per heavy atom. The first-order valence-electron chi connectivity index (χ1n) is 4.74. The van der Waals surface area contributed by atoms with Crippen molar-refractivity contribution in [1.82, 2.24) is 9.88 Å². The molecule has 15 heavy (non-hydrogen) atoms. The number of aryl methyl sites for hydroxylation is 1. The molecule has 0 radical (unpaired) electrons. The van der Waals surface area contributed by atoms with Gasteiger partial charge in [0.25, 0.3) is 5.56 Å². The summed E-state index contributed by atoms with van der Waals surface area (Å²) in [5.74, 6) is 0.908. The minimum absolute atomic E-state index is 0.0344. The lowest BCUT2D eigenvalue weighted by atomic mass is 10.4. The zero-order valence-corrected chi connectivity index (χ0v) is 9.97. The van der Waals surface area contributed by atoms with Crippen LogP contribution < -0.4 is 16.2 Å². The van der Waals surface area contributed by atoms with E-state index in [9.17, 15) is 4.79 Å². The molecule has 80 valence electrons. The zero-order valence-electron chi connectivity index (χ0n) is 8.38. The highest BCUT2D eigenvalue weighted by atomic mass is 79.9. The number of nitrogens with zero attached hydrogens (tertiary/aromatic N) is 1. The summed E-state index contributed by atoms with van der Waals surface area (Å²) in [6.45, 7) is 0.927. The summed E-state index contributed by atoms with van der Waals surface area (Å²) in [7, 11) is 1.73. The average Bonchev–Trinajstić information content (AvgIpc) is 2.66. The molecule has 1 aromatic rings. The fourth-order valence-electron chi connectivity index (χ4n) is 1.50. The molecule has 0 unspecified atom stereocenters. The lowest BCUT2D eigenvalue weighted by Crippen LogP contribution is -2.23. The largest absolute Gasteiger partial charge is 0.372 e. The van der Waals surface area contributed by atoms with Crippen molar-refractivity contribution in [2.24, 2.45) is 7.05 Å². The molecule has 2 N–H and O–H groups in total. The molecule has 0 amide bonds. The van der Waals surface area contributed by atoms with Gasteiger partial charge in [0.05, 0.1) is 5.82 Å². The predicted octanol–water partition coefficient (Wildman–Crippen LogP) is 1.39. The molecule has 1 aliphatic rings. The van der Waals surface area contributed by atoms with Crippen molar-refractivity contribution < 1.29 is 0 Å². The van der Waals surface area contributed by atoms with Gasteiger partial charge in [0.1, 0.15) is 5.69 Å². The number of anilines is 1. The van der Waals surface area contributed by atoms with E-state index >= 15 is 0 Å². The number of hydrogen-bond acceptors (Lipinski definition) is 3. The van der Waals surface area contributed by atoms with Crippen LogP contribution in [0, 0.1) is 0 Å². The van der Waals surface area contributed by atoms with E-state index in [2.05, 4.69) is 26.6 Å². The highest BCUT2D eigenvalue weighted by molar-refractivity contribution is 9.10. The van der Waals surface area contributed by atoms with E-state index in [-0.39, 0.29) is 5.56 Å². The number of nitrogens with one attached hydrogen (secondary N) is 2. The maximum atomic E-state index is 11.7. The minimum atomic E-state index is -0.0344. The Hall–Kier alpha value is -1.23. The van der Waals surface area contributed by atoms with Crippen LogP contribution in [0.5, 0.6) is 0 Å². The number of halogens is 1. The molecule has 2 rings (SSSR count). The lowest BCUT2D eigenvalue weighted by molar-refractivity contribution is 0.848. The van der Waals surface area contributed by atoms with Gasteiger partial charge < -0.3 is 15.2 Å². The maximum absolute atomic E-state index is 11.7. The highest BCUT2D eigenvalue weighted by Crippen LogP contribution is 2.13. The molecule has 5 heteroatoms. The SMILES string of the molecule is Cn1cc(Br)cc(NC2=CCCN2)c1=O. The van der Waals surface area contributed by atoms with Crippen molar-refractivity contribution in [3.8, 4) is 0 Å². The first-order chi connectivity index (χ1) is 7.16. The molecule has 0 fully saturated rings. The Morgan fingerprint density at radius 1 is 1.60 bits per heavy atom. The minimum Gasteiger partial charge on any atom is -0.372 e. The Balaban J connectivity index is 2.31. The fourth-order valence-corrected chi connectivity index (χ4v) is 2.03. The second-order valence-electron chi connectivity index (χ2n) is 3.45. The third-order valence-corrected chi connectivity index (χ3v) is 2.66. The van der Waals surface area contributed by atoms with Crippen molar-refractivity contribution >= 4 is 21.6 Å². The van der Waals surface area contributed by atoms with E-state index in [4.69, 9.17) is 0 Å². The Kier molecular flexibility index (Phi) is 2.81. The van der Waals surface area contributed by atoms with Gasteiger partial charge in [-0.05, 0) is 34.5 Å². The number of rotatable bonds is 2. The van der Waals surface area contributed by atoms with Crippen LogP contribution in [-0.4, -0.2) is 11.1 Å². The summed E-state index contributed by atoms with van der Waals surface area (Å²) >= 11 is 3.36. The van der Waals surface area contributed by atoms with Gasteiger partial charge in [0.15, 0.2) is 0 Å². The van der Waals surface area contributed by atoms with Gasteiger partial charge in [-0.15, -0.1) is 0 Å². The number of hydrogen-bond donors (Lipinski definition) is 2. The van der Waals surface area contributed by atoms with E-state index in [1.165, 1.54) is 0 Å². The summed E-state index contributed by atoms with van der Waals surface area (Å²) < 4.78 is 2.42. The molecule has 1 aromatic heterocycles. The van der Waals surface area contributed by atoms with Crippen LogP contribution in [0.4, 0.5) is 5.69 Å². The molecule has 0 spiro atoms. The van der Waals surface area contributed by atoms with Crippen molar-refractivity contribution in [3.63, 3.8) is 0 Å². The Labute approximate surface area is 96.1 Å². The average molecular weight is 270 g/mol. The molecule has 4 nitrogen and oxygen atoms in total. The van der Waals surface area contributed by atoms with Gasteiger partial charge in [0, 0.05) is 24.3 Å². The topological polar surface area (TPSA) is 46.1 Å². The van der Waals surface area contributed by atoms with Crippen molar-refractivity contribution in [2.45, 2.75) is 6.42 Å². The van der Waals surface area contributed by atoms with Gasteiger partial charge in [0.2, 0.25) is 0 Å². The van der Waals surface area contributed by atoms with Crippen molar-refractivity contribution in [2.75, 3.05) is 11.9 Å². The van der Waals surface area contributed by atoms with E-state index < -0.39 is 0 Å². The van der Waals surface area contributed by atoms with Crippen LogP contribution in [0.15, 0.2) is 33.4 Å². The molecule has 2 heterocycles. The zero-order chi connectivity index (χ0) is 10.8. The third-order valence-electron chi connectivity index (χ3n) is 2.23. The van der Waals surface area contributed by atoms with Gasteiger partial charge in [-0.3, -0.25) is 4.79 Å². The fraction of sp³-hybridized carbons (Fsp3) is 0.300. The van der Waals surface area contributed by atoms with Crippen LogP contribution in [0.2, 0.25) is 0 Å². The second-order valence-corrected chi connectivity index (χ2v) is 4.36. The smallest absolute Gasteiger partial charge is 0.274 e. The third kappa shape index (κ3) is 2.23. The van der Waals surface area contributed by atoms with Gasteiger partial charge in [-0.25, -0.2) is 0 Å². The van der Waals surface area contributed by atoms with E-state index in [1.807, 2.05) is 6.08 Å². The van der Waals surface area contributed by atoms with Crippen molar-refractivity contribution in [1.29, 1.82) is 0 Å². The van der Waals surface area contributed by atoms with Crippen LogP contribution in [0.25, 0.3) is 0 Å². The Bertz CT molecular complexity index is 464. The molecule has 0 aromatic carbocycles. The van der Waals surface area contributed by atoms with E-state index in [1.54, 1.807) is 23.9 Å². The molecular weight excluding hydrogens is 258 g/mol. The molecule has 0 bridgehead atoms. The molecule has 0 saturated heterocycles. The molecular formula is C10H12BrN3O. The van der Waals surface area contributed by atoms with Gasteiger partial charge in [-0.2, -0.15) is 0 Å². The summed E-state index contributed by atoms with van der Waals surface area (Å²) in [5.41, 5.74) is 0.542. The van der Waals surface area contributed by atoms with Crippen LogP contribution in [0.1, 0.15) is 6.42 Å². The lowest BCUT2D eigenvalue weighted by Gasteiger charge is -2.09. The number of pyridine rings is 1. The summed E-state index contributed by atoms with van der Waals surface area (Å²) in [6.07, 6.45) is 4.78. The first kappa shape index (κ1) is 10.3. The summed E-state index contributed by atoms with van der Waals surface area (Å²) in [6, 6.07) is 1.78. The van der Waals surface area contributed by atoms with Crippen molar-refractivity contribution in [3.05, 3.63) is 39.0 Å². The normalized spacial score (nSPS) is 14.7. The second kappa shape index (κ2) is 4.10. The summed E-state index contributed by atoms with van der Waals surface area (Å²) in [4.78, 5) is 11.7. The molecule has 1 aliphatic heterocycles. The first-order valence-corrected chi connectivity index (χ1v) is 5.53. The standard InChI is InChI=1S/C10H12BrN3O/c1-14-6-7(11)5-8(10(14)15)13-9-3-2-4-12-9/h3,5-6,12-13H,2,4H2,1H3. The molecule has 0 saturated carbocycles. The summed E-state index contributed by atoms with van der Waals surface area (Å²) in [5, 5.41) is 6.24. The van der Waals surface area contributed by atoms with E-state index in [0.29, 0.717) is 5.69 Å². The number of aromatic nitrogens is 1. The van der Waals surface area contributed by atoms with Crippen LogP contribution in [-0.2, 0) is 7.05 Å². The monoisotopic (exact) mass is 269 g/mol. The van der Waals surface area contributed by atoms with Gasteiger partial charge >= 0.3 is 0 Å². The van der Waals surface area contributed by atoms with Crippen LogP contribution in [0.3, 0.4) is 0 Å². The van der Waals surface area contributed by atoms with E-state index in [0.717, 1.165) is 23.3 Å². The molecule has 0 atom stereocenters.